The number of nitrogens with one attached hydrogen (secondary N) is 1. The van der Waals surface area contributed by atoms with Crippen LogP contribution in [0.25, 0.3) is 33.1 Å². The van der Waals surface area contributed by atoms with Crippen LogP contribution in [0, 0.1) is 0 Å². The van der Waals surface area contributed by atoms with Crippen LogP contribution in [0.4, 0.5) is 11.5 Å². The highest BCUT2D eigenvalue weighted by Gasteiger charge is 2.14. The number of hydrogen-bond donors (Lipinski definition) is 1. The zero-order valence-electron chi connectivity index (χ0n) is 22.9. The van der Waals surface area contributed by atoms with Gasteiger partial charge in [-0.3, -0.25) is 4.98 Å². The van der Waals surface area contributed by atoms with Crippen molar-refractivity contribution in [3.63, 3.8) is 0 Å². The molecular formula is C32H26ClN5O3S. The number of hydrogen-bond acceptors (Lipinski definition) is 9. The molecular weight excluding hydrogens is 570 g/mol. The third-order valence-electron chi connectivity index (χ3n) is 6.53. The Morgan fingerprint density at radius 1 is 0.857 bits per heavy atom. The zero-order valence-corrected chi connectivity index (χ0v) is 24.4. The van der Waals surface area contributed by atoms with Gasteiger partial charge in [-0.25, -0.2) is 4.98 Å². The first-order chi connectivity index (χ1) is 20.6. The van der Waals surface area contributed by atoms with Crippen molar-refractivity contribution < 1.29 is 14.2 Å². The lowest BCUT2D eigenvalue weighted by Gasteiger charge is -2.13. The fraction of sp³-hybridized carbons (Fsp3) is 0.125. The van der Waals surface area contributed by atoms with Crippen molar-refractivity contribution in [2.24, 2.45) is 0 Å². The number of aromatic nitrogens is 4. The fourth-order valence-electron chi connectivity index (χ4n) is 4.46. The van der Waals surface area contributed by atoms with Gasteiger partial charge in [0.15, 0.2) is 5.82 Å². The Balaban J connectivity index is 1.24. The van der Waals surface area contributed by atoms with E-state index in [1.54, 1.807) is 38.4 Å². The first kappa shape index (κ1) is 27.7. The first-order valence-electron chi connectivity index (χ1n) is 13.1. The van der Waals surface area contributed by atoms with Crippen LogP contribution in [0.5, 0.6) is 11.5 Å². The summed E-state index contributed by atoms with van der Waals surface area (Å²) in [6.07, 6.45) is 3.49. The molecule has 10 heteroatoms. The maximum absolute atomic E-state index is 6.37. The van der Waals surface area contributed by atoms with Crippen LogP contribution in [0.15, 0.2) is 101 Å². The topological polar surface area (TPSA) is 91.3 Å². The molecule has 3 heterocycles. The van der Waals surface area contributed by atoms with E-state index < -0.39 is 0 Å². The molecule has 6 aromatic rings. The second-order valence-corrected chi connectivity index (χ2v) is 10.8. The van der Waals surface area contributed by atoms with Crippen LogP contribution in [0.3, 0.4) is 0 Å². The van der Waals surface area contributed by atoms with Gasteiger partial charge >= 0.3 is 0 Å². The third-order valence-corrected chi connectivity index (χ3v) is 7.90. The normalized spacial score (nSPS) is 11.1. The Kier molecular flexibility index (Phi) is 8.32. The largest absolute Gasteiger partial charge is 0.495 e. The minimum atomic E-state index is 0.400. The standard InChI is InChI=1S/C32H26ClN5O3S/c1-39-15-16-41-28-17-20(7-12-26(28)33)30-24-5-3-4-6-25(24)32(38-37-30)36-21-8-10-23(11-9-21)42-29-13-14-34-27-18-22(40-2)19-35-31(27)29/h3-14,17-19H,15-16H2,1-2H3,(H,36,38). The van der Waals surface area contributed by atoms with Crippen molar-refractivity contribution in [2.75, 3.05) is 32.8 Å². The molecule has 0 aliphatic rings. The van der Waals surface area contributed by atoms with Crippen LogP contribution < -0.4 is 14.8 Å². The zero-order chi connectivity index (χ0) is 28.9. The summed E-state index contributed by atoms with van der Waals surface area (Å²) in [7, 11) is 3.25. The number of halogens is 1. The maximum Gasteiger partial charge on any atom is 0.161 e. The molecule has 0 saturated heterocycles. The molecule has 3 aromatic heterocycles. The Hall–Kier alpha value is -4.44. The lowest BCUT2D eigenvalue weighted by Crippen LogP contribution is -2.05. The van der Waals surface area contributed by atoms with Gasteiger partial charge in [0.25, 0.3) is 0 Å². The van der Waals surface area contributed by atoms with Crippen molar-refractivity contribution in [3.8, 4) is 22.8 Å². The van der Waals surface area contributed by atoms with Crippen LogP contribution in [-0.2, 0) is 4.74 Å². The molecule has 0 amide bonds. The fourth-order valence-corrected chi connectivity index (χ4v) is 5.54. The molecule has 0 fully saturated rings. The summed E-state index contributed by atoms with van der Waals surface area (Å²) in [5.74, 6) is 1.92. The molecule has 210 valence electrons. The third kappa shape index (κ3) is 5.94. The molecule has 0 bridgehead atoms. The quantitative estimate of drug-likeness (QED) is 0.159. The summed E-state index contributed by atoms with van der Waals surface area (Å²) in [4.78, 5) is 11.1. The van der Waals surface area contributed by atoms with Crippen molar-refractivity contribution in [1.82, 2.24) is 20.2 Å². The molecule has 42 heavy (non-hydrogen) atoms. The van der Waals surface area contributed by atoms with Crippen LogP contribution in [0.1, 0.15) is 0 Å². The highest BCUT2D eigenvalue weighted by Crippen LogP contribution is 2.36. The molecule has 0 atom stereocenters. The number of anilines is 2. The van der Waals surface area contributed by atoms with Crippen LogP contribution >= 0.6 is 23.4 Å². The molecule has 0 aliphatic heterocycles. The molecule has 3 aromatic carbocycles. The summed E-state index contributed by atoms with van der Waals surface area (Å²) in [6, 6.07) is 25.7. The van der Waals surface area contributed by atoms with Crippen molar-refractivity contribution in [1.29, 1.82) is 0 Å². The van der Waals surface area contributed by atoms with E-state index in [1.807, 2.05) is 66.7 Å². The number of benzene rings is 3. The van der Waals surface area contributed by atoms with Crippen LogP contribution in [0.2, 0.25) is 5.02 Å². The molecule has 0 unspecified atom stereocenters. The first-order valence-corrected chi connectivity index (χ1v) is 14.3. The average Bonchev–Trinajstić information content (AvgIpc) is 3.03. The molecule has 0 saturated carbocycles. The maximum atomic E-state index is 6.37. The van der Waals surface area contributed by atoms with Gasteiger partial charge in [-0.15, -0.1) is 10.2 Å². The van der Waals surface area contributed by atoms with E-state index in [2.05, 4.69) is 37.6 Å². The predicted octanol–water partition coefficient (Wildman–Crippen LogP) is 7.82. The number of rotatable bonds is 10. The molecule has 0 radical (unpaired) electrons. The van der Waals surface area contributed by atoms with Crippen molar-refractivity contribution in [2.45, 2.75) is 9.79 Å². The molecule has 0 aliphatic carbocycles. The van der Waals surface area contributed by atoms with E-state index in [0.29, 0.717) is 35.6 Å². The lowest BCUT2D eigenvalue weighted by atomic mass is 10.0. The number of pyridine rings is 2. The second-order valence-electron chi connectivity index (χ2n) is 9.23. The molecule has 6 rings (SSSR count). The summed E-state index contributed by atoms with van der Waals surface area (Å²) in [5.41, 5.74) is 4.13. The smallest absolute Gasteiger partial charge is 0.161 e. The Labute approximate surface area is 252 Å². The van der Waals surface area contributed by atoms with Gasteiger partial charge in [0.2, 0.25) is 0 Å². The molecule has 1 N–H and O–H groups in total. The van der Waals surface area contributed by atoms with E-state index in [4.69, 9.17) is 25.8 Å². The van der Waals surface area contributed by atoms with Gasteiger partial charge in [-0.1, -0.05) is 53.7 Å². The highest BCUT2D eigenvalue weighted by molar-refractivity contribution is 7.99. The number of methoxy groups -OCH3 is 2. The van der Waals surface area contributed by atoms with Gasteiger partial charge < -0.3 is 19.5 Å². The van der Waals surface area contributed by atoms with Crippen molar-refractivity contribution >= 4 is 56.7 Å². The van der Waals surface area contributed by atoms with E-state index in [1.165, 1.54) is 0 Å². The summed E-state index contributed by atoms with van der Waals surface area (Å²) in [6.45, 7) is 0.869. The van der Waals surface area contributed by atoms with Crippen molar-refractivity contribution in [3.05, 3.63) is 96.3 Å². The van der Waals surface area contributed by atoms with E-state index >= 15 is 0 Å². The Morgan fingerprint density at radius 2 is 1.69 bits per heavy atom. The summed E-state index contributed by atoms with van der Waals surface area (Å²) in [5, 5.41) is 15.0. The van der Waals surface area contributed by atoms with Gasteiger partial charge in [-0.05, 0) is 42.5 Å². The van der Waals surface area contributed by atoms with Gasteiger partial charge in [-0.2, -0.15) is 0 Å². The minimum absolute atomic E-state index is 0.400. The monoisotopic (exact) mass is 595 g/mol. The van der Waals surface area contributed by atoms with Gasteiger partial charge in [0.1, 0.15) is 29.3 Å². The number of nitrogens with zero attached hydrogens (tertiary/aromatic N) is 4. The van der Waals surface area contributed by atoms with Gasteiger partial charge in [0.05, 0.1) is 30.5 Å². The summed E-state index contributed by atoms with van der Waals surface area (Å²) < 4.78 is 16.2. The molecule has 0 spiro atoms. The summed E-state index contributed by atoms with van der Waals surface area (Å²) >= 11 is 8.00. The number of ether oxygens (including phenoxy) is 3. The highest BCUT2D eigenvalue weighted by atomic mass is 35.5. The van der Waals surface area contributed by atoms with E-state index in [0.717, 1.165) is 48.5 Å². The lowest BCUT2D eigenvalue weighted by molar-refractivity contribution is 0.146. The Morgan fingerprint density at radius 3 is 2.50 bits per heavy atom. The average molecular weight is 596 g/mol. The minimum Gasteiger partial charge on any atom is -0.495 e. The van der Waals surface area contributed by atoms with Gasteiger partial charge in [0, 0.05) is 51.2 Å². The second kappa shape index (κ2) is 12.6. The van der Waals surface area contributed by atoms with Crippen LogP contribution in [-0.4, -0.2) is 47.6 Å². The predicted molar refractivity (Wildman–Crippen MR) is 167 cm³/mol. The van der Waals surface area contributed by atoms with E-state index in [9.17, 15) is 0 Å². The SMILES string of the molecule is COCCOc1cc(-c2nnc(Nc3ccc(Sc4ccnc5cc(OC)cnc45)cc3)c3ccccc23)ccc1Cl. The Bertz CT molecular complexity index is 1870. The number of fused-ring (bicyclic) bond motifs is 2. The molecule has 8 nitrogen and oxygen atoms in total. The van der Waals surface area contributed by atoms with E-state index in [-0.39, 0.29) is 0 Å².